The topological polar surface area (TPSA) is 78.4 Å². The van der Waals surface area contributed by atoms with Crippen molar-refractivity contribution in [3.05, 3.63) is 46.3 Å². The van der Waals surface area contributed by atoms with Gasteiger partial charge in [-0.15, -0.1) is 0 Å². The van der Waals surface area contributed by atoms with Crippen molar-refractivity contribution >= 4 is 46.5 Å². The molecule has 0 aliphatic carbocycles. The number of anilines is 2. The van der Waals surface area contributed by atoms with E-state index in [1.165, 1.54) is 13.3 Å². The highest BCUT2D eigenvalue weighted by Crippen LogP contribution is 2.27. The maximum atomic E-state index is 12.7. The molecule has 1 N–H and O–H groups in total. The summed E-state index contributed by atoms with van der Waals surface area (Å²) >= 11 is 12.0. The lowest BCUT2D eigenvalue weighted by Crippen LogP contribution is -2.50. The van der Waals surface area contributed by atoms with Crippen LogP contribution in [0.1, 0.15) is 17.4 Å². The van der Waals surface area contributed by atoms with E-state index in [1.54, 1.807) is 34.1 Å². The molecule has 1 aromatic heterocycles. The summed E-state index contributed by atoms with van der Waals surface area (Å²) in [6, 6.07) is 6.63. The minimum Gasteiger partial charge on any atom is -0.339 e. The molecule has 0 saturated carbocycles. The second kappa shape index (κ2) is 7.88. The fourth-order valence-electron chi connectivity index (χ4n) is 2.66. The molecule has 1 aliphatic heterocycles. The van der Waals surface area contributed by atoms with Gasteiger partial charge < -0.3 is 15.1 Å². The number of nitrogens with zero attached hydrogens (tertiary/aromatic N) is 4. The third-order valence-electron chi connectivity index (χ3n) is 4.09. The van der Waals surface area contributed by atoms with Crippen LogP contribution < -0.4 is 5.32 Å². The second-order valence-corrected chi connectivity index (χ2v) is 6.68. The van der Waals surface area contributed by atoms with Crippen molar-refractivity contribution in [1.82, 2.24) is 19.8 Å². The molecule has 1 fully saturated rings. The molecule has 1 aliphatic rings. The standard InChI is InChI=1S/C17H17Cl2N5O2/c1-11(25)23-4-6-24(7-5-23)17(26)15-9-16(21-10-20-15)22-14-3-2-12(18)8-13(14)19/h2-3,8-10H,4-7H2,1H3,(H,20,21,22). The number of hydrogen-bond acceptors (Lipinski definition) is 5. The number of amides is 2. The van der Waals surface area contributed by atoms with Crippen LogP contribution >= 0.6 is 23.2 Å². The van der Waals surface area contributed by atoms with Crippen molar-refractivity contribution in [3.63, 3.8) is 0 Å². The lowest BCUT2D eigenvalue weighted by Gasteiger charge is -2.34. The molecule has 2 amide bonds. The maximum absolute atomic E-state index is 12.7. The van der Waals surface area contributed by atoms with Gasteiger partial charge in [0.1, 0.15) is 17.8 Å². The highest BCUT2D eigenvalue weighted by molar-refractivity contribution is 6.36. The van der Waals surface area contributed by atoms with Gasteiger partial charge in [-0.05, 0) is 18.2 Å². The van der Waals surface area contributed by atoms with E-state index in [2.05, 4.69) is 15.3 Å². The molecule has 0 atom stereocenters. The number of benzene rings is 1. The van der Waals surface area contributed by atoms with Crippen molar-refractivity contribution in [2.45, 2.75) is 6.92 Å². The van der Waals surface area contributed by atoms with Crippen LogP contribution in [0.5, 0.6) is 0 Å². The Balaban J connectivity index is 1.71. The van der Waals surface area contributed by atoms with Crippen LogP contribution in [0, 0.1) is 0 Å². The van der Waals surface area contributed by atoms with Gasteiger partial charge in [-0.2, -0.15) is 0 Å². The van der Waals surface area contributed by atoms with Crippen molar-refractivity contribution in [2.24, 2.45) is 0 Å². The average Bonchev–Trinajstić information content (AvgIpc) is 2.64. The van der Waals surface area contributed by atoms with Crippen molar-refractivity contribution < 1.29 is 9.59 Å². The number of nitrogens with one attached hydrogen (secondary N) is 1. The Kier molecular flexibility index (Phi) is 5.58. The smallest absolute Gasteiger partial charge is 0.272 e. The molecule has 0 unspecified atom stereocenters. The maximum Gasteiger partial charge on any atom is 0.272 e. The van der Waals surface area contributed by atoms with Crippen LogP contribution in [0.3, 0.4) is 0 Å². The van der Waals surface area contributed by atoms with Crippen molar-refractivity contribution in [2.75, 3.05) is 31.5 Å². The van der Waals surface area contributed by atoms with Gasteiger partial charge in [0.15, 0.2) is 0 Å². The number of piperazine rings is 1. The second-order valence-electron chi connectivity index (χ2n) is 5.84. The highest BCUT2D eigenvalue weighted by atomic mass is 35.5. The lowest BCUT2D eigenvalue weighted by atomic mass is 10.2. The summed E-state index contributed by atoms with van der Waals surface area (Å²) in [5.41, 5.74) is 0.909. The molecule has 26 heavy (non-hydrogen) atoms. The Morgan fingerprint density at radius 1 is 1.04 bits per heavy atom. The SMILES string of the molecule is CC(=O)N1CCN(C(=O)c2cc(Nc3ccc(Cl)cc3Cl)ncn2)CC1. The summed E-state index contributed by atoms with van der Waals surface area (Å²) in [6.07, 6.45) is 1.32. The highest BCUT2D eigenvalue weighted by Gasteiger charge is 2.24. The zero-order valence-corrected chi connectivity index (χ0v) is 15.6. The van der Waals surface area contributed by atoms with E-state index in [0.29, 0.717) is 47.7 Å². The number of aromatic nitrogens is 2. The Morgan fingerprint density at radius 2 is 1.73 bits per heavy atom. The van der Waals surface area contributed by atoms with Crippen molar-refractivity contribution in [3.8, 4) is 0 Å². The van der Waals surface area contributed by atoms with Crippen LogP contribution in [0.2, 0.25) is 10.0 Å². The van der Waals surface area contributed by atoms with Crippen LogP contribution in [-0.4, -0.2) is 57.8 Å². The summed E-state index contributed by atoms with van der Waals surface area (Å²) < 4.78 is 0. The molecule has 0 radical (unpaired) electrons. The lowest BCUT2D eigenvalue weighted by molar-refractivity contribution is -0.130. The van der Waals surface area contributed by atoms with E-state index in [-0.39, 0.29) is 17.5 Å². The molecular weight excluding hydrogens is 377 g/mol. The van der Waals surface area contributed by atoms with Gasteiger partial charge in [0, 0.05) is 44.2 Å². The molecule has 7 nitrogen and oxygen atoms in total. The van der Waals surface area contributed by atoms with E-state index < -0.39 is 0 Å². The summed E-state index contributed by atoms with van der Waals surface area (Å²) in [7, 11) is 0. The van der Waals surface area contributed by atoms with E-state index in [4.69, 9.17) is 23.2 Å². The van der Waals surface area contributed by atoms with E-state index in [9.17, 15) is 9.59 Å². The number of rotatable bonds is 3. The molecule has 9 heteroatoms. The van der Waals surface area contributed by atoms with E-state index in [1.807, 2.05) is 0 Å². The summed E-state index contributed by atoms with van der Waals surface area (Å²) in [5, 5.41) is 4.03. The normalized spacial score (nSPS) is 14.3. The number of halogens is 2. The zero-order chi connectivity index (χ0) is 18.7. The fraction of sp³-hybridized carbons (Fsp3) is 0.294. The molecular formula is C17H17Cl2N5O2. The van der Waals surface area contributed by atoms with Crippen LogP contribution in [-0.2, 0) is 4.79 Å². The van der Waals surface area contributed by atoms with Crippen LogP contribution in [0.15, 0.2) is 30.6 Å². The van der Waals surface area contributed by atoms with E-state index >= 15 is 0 Å². The van der Waals surface area contributed by atoms with Crippen molar-refractivity contribution in [1.29, 1.82) is 0 Å². The van der Waals surface area contributed by atoms with Gasteiger partial charge in [0.2, 0.25) is 5.91 Å². The molecule has 1 aromatic carbocycles. The monoisotopic (exact) mass is 393 g/mol. The van der Waals surface area contributed by atoms with Gasteiger partial charge >= 0.3 is 0 Å². The van der Waals surface area contributed by atoms with Gasteiger partial charge in [-0.1, -0.05) is 23.2 Å². The van der Waals surface area contributed by atoms with Crippen LogP contribution in [0.4, 0.5) is 11.5 Å². The predicted octanol–water partition coefficient (Wildman–Crippen LogP) is 2.83. The average molecular weight is 394 g/mol. The predicted molar refractivity (Wildman–Crippen MR) is 99.9 cm³/mol. The Labute approximate surface area is 160 Å². The number of carbonyl (C=O) groups is 2. The van der Waals surface area contributed by atoms with Gasteiger partial charge in [-0.3, -0.25) is 9.59 Å². The zero-order valence-electron chi connectivity index (χ0n) is 14.1. The summed E-state index contributed by atoms with van der Waals surface area (Å²) in [6.45, 7) is 3.54. The number of carbonyl (C=O) groups excluding carboxylic acids is 2. The fourth-order valence-corrected chi connectivity index (χ4v) is 3.11. The van der Waals surface area contributed by atoms with Crippen LogP contribution in [0.25, 0.3) is 0 Å². The Bertz CT molecular complexity index is 838. The molecule has 2 aromatic rings. The molecule has 3 rings (SSSR count). The summed E-state index contributed by atoms with van der Waals surface area (Å²) in [4.78, 5) is 35.6. The first-order valence-electron chi connectivity index (χ1n) is 8.03. The number of hydrogen-bond donors (Lipinski definition) is 1. The third-order valence-corrected chi connectivity index (χ3v) is 4.64. The first kappa shape index (κ1) is 18.4. The minimum atomic E-state index is -0.194. The minimum absolute atomic E-state index is 0.0189. The van der Waals surface area contributed by atoms with Gasteiger partial charge in [-0.25, -0.2) is 9.97 Å². The first-order valence-corrected chi connectivity index (χ1v) is 8.78. The largest absolute Gasteiger partial charge is 0.339 e. The Morgan fingerprint density at radius 3 is 2.38 bits per heavy atom. The molecule has 1 saturated heterocycles. The van der Waals surface area contributed by atoms with Gasteiger partial charge in [0.25, 0.3) is 5.91 Å². The van der Waals surface area contributed by atoms with Gasteiger partial charge in [0.05, 0.1) is 10.7 Å². The molecule has 0 spiro atoms. The first-order chi connectivity index (χ1) is 12.4. The quantitative estimate of drug-likeness (QED) is 0.866. The summed E-state index contributed by atoms with van der Waals surface area (Å²) in [5.74, 6) is 0.279. The molecule has 2 heterocycles. The Hall–Kier alpha value is -2.38. The molecule has 136 valence electrons. The van der Waals surface area contributed by atoms with E-state index in [0.717, 1.165) is 0 Å². The third kappa shape index (κ3) is 4.23. The molecule has 0 bridgehead atoms.